The van der Waals surface area contributed by atoms with Crippen LogP contribution in [0, 0.1) is 0 Å². The fraction of sp³-hybridized carbons (Fsp3) is 0.625. The number of aromatic nitrogens is 2. The van der Waals surface area contributed by atoms with E-state index in [1.54, 1.807) is 6.20 Å². The SMILES string of the molecule is Brc1ccnn1[C@H]1CCCCO1. The Morgan fingerprint density at radius 1 is 1.58 bits per heavy atom. The van der Waals surface area contributed by atoms with Crippen LogP contribution in [0.15, 0.2) is 16.9 Å². The Morgan fingerprint density at radius 2 is 2.50 bits per heavy atom. The summed E-state index contributed by atoms with van der Waals surface area (Å²) in [7, 11) is 0. The van der Waals surface area contributed by atoms with Crippen LogP contribution in [-0.2, 0) is 4.74 Å². The quantitative estimate of drug-likeness (QED) is 0.741. The van der Waals surface area contributed by atoms with Crippen molar-refractivity contribution in [2.24, 2.45) is 0 Å². The van der Waals surface area contributed by atoms with Crippen molar-refractivity contribution in [3.05, 3.63) is 16.9 Å². The smallest absolute Gasteiger partial charge is 0.151 e. The molecule has 0 amide bonds. The van der Waals surface area contributed by atoms with Gasteiger partial charge in [-0.1, -0.05) is 0 Å². The Hall–Kier alpha value is -0.350. The molecule has 0 aliphatic carbocycles. The number of halogens is 1. The molecular weight excluding hydrogens is 220 g/mol. The van der Waals surface area contributed by atoms with Crippen LogP contribution in [0.5, 0.6) is 0 Å². The summed E-state index contributed by atoms with van der Waals surface area (Å²) < 4.78 is 8.46. The van der Waals surface area contributed by atoms with Gasteiger partial charge in [0.2, 0.25) is 0 Å². The number of nitrogens with zero attached hydrogens (tertiary/aromatic N) is 2. The largest absolute Gasteiger partial charge is 0.356 e. The molecule has 3 nitrogen and oxygen atoms in total. The molecule has 1 aromatic heterocycles. The minimum absolute atomic E-state index is 0.142. The van der Waals surface area contributed by atoms with E-state index < -0.39 is 0 Å². The molecule has 66 valence electrons. The third-order valence-electron chi connectivity index (χ3n) is 2.05. The summed E-state index contributed by atoms with van der Waals surface area (Å²) in [4.78, 5) is 0. The van der Waals surface area contributed by atoms with Crippen LogP contribution in [0.1, 0.15) is 25.5 Å². The second-order valence-corrected chi connectivity index (χ2v) is 3.73. The molecule has 2 heterocycles. The molecule has 1 aromatic rings. The summed E-state index contributed by atoms with van der Waals surface area (Å²) in [5.41, 5.74) is 0. The third kappa shape index (κ3) is 1.54. The fourth-order valence-electron chi connectivity index (χ4n) is 1.43. The second kappa shape index (κ2) is 3.58. The van der Waals surface area contributed by atoms with Gasteiger partial charge >= 0.3 is 0 Å². The van der Waals surface area contributed by atoms with Crippen molar-refractivity contribution in [3.63, 3.8) is 0 Å². The van der Waals surface area contributed by atoms with Crippen LogP contribution in [-0.4, -0.2) is 16.4 Å². The molecule has 0 N–H and O–H groups in total. The van der Waals surface area contributed by atoms with Crippen LogP contribution >= 0.6 is 15.9 Å². The molecule has 4 heteroatoms. The molecular formula is C8H11BrN2O. The van der Waals surface area contributed by atoms with Crippen molar-refractivity contribution in [2.75, 3.05) is 6.61 Å². The molecule has 12 heavy (non-hydrogen) atoms. The molecule has 1 fully saturated rings. The van der Waals surface area contributed by atoms with E-state index in [9.17, 15) is 0 Å². The number of ether oxygens (including phenoxy) is 1. The Balaban J connectivity index is 2.13. The van der Waals surface area contributed by atoms with Gasteiger partial charge in [-0.2, -0.15) is 5.10 Å². The normalized spacial score (nSPS) is 24.2. The highest BCUT2D eigenvalue weighted by molar-refractivity contribution is 9.10. The minimum Gasteiger partial charge on any atom is -0.356 e. The molecule has 0 bridgehead atoms. The predicted molar refractivity (Wildman–Crippen MR) is 48.8 cm³/mol. The Labute approximate surface area is 79.8 Å². The van der Waals surface area contributed by atoms with Crippen LogP contribution in [0.4, 0.5) is 0 Å². The van der Waals surface area contributed by atoms with Crippen molar-refractivity contribution >= 4 is 15.9 Å². The second-order valence-electron chi connectivity index (χ2n) is 2.92. The van der Waals surface area contributed by atoms with Gasteiger partial charge in [-0.15, -0.1) is 0 Å². The van der Waals surface area contributed by atoms with Gasteiger partial charge in [-0.25, -0.2) is 4.68 Å². The van der Waals surface area contributed by atoms with Crippen molar-refractivity contribution in [3.8, 4) is 0 Å². The third-order valence-corrected chi connectivity index (χ3v) is 2.68. The zero-order valence-electron chi connectivity index (χ0n) is 6.74. The number of hydrogen-bond donors (Lipinski definition) is 0. The molecule has 2 rings (SSSR count). The van der Waals surface area contributed by atoms with Crippen LogP contribution in [0.25, 0.3) is 0 Å². The first-order valence-corrected chi connectivity index (χ1v) is 4.98. The lowest BCUT2D eigenvalue weighted by Gasteiger charge is -2.23. The number of rotatable bonds is 1. The summed E-state index contributed by atoms with van der Waals surface area (Å²) in [6, 6.07) is 1.93. The molecule has 0 aromatic carbocycles. The minimum atomic E-state index is 0.142. The van der Waals surface area contributed by atoms with Crippen molar-refractivity contribution < 1.29 is 4.74 Å². The van der Waals surface area contributed by atoms with Gasteiger partial charge < -0.3 is 4.74 Å². The average Bonchev–Trinajstić information content (AvgIpc) is 2.53. The van der Waals surface area contributed by atoms with E-state index in [0.29, 0.717) is 0 Å². The van der Waals surface area contributed by atoms with Crippen LogP contribution in [0.3, 0.4) is 0 Å². The molecule has 1 aliphatic heterocycles. The first-order valence-electron chi connectivity index (χ1n) is 4.18. The van der Waals surface area contributed by atoms with E-state index in [1.807, 2.05) is 10.7 Å². The first kappa shape index (κ1) is 8.26. The topological polar surface area (TPSA) is 27.1 Å². The maximum Gasteiger partial charge on any atom is 0.151 e. The summed E-state index contributed by atoms with van der Waals surface area (Å²) in [5.74, 6) is 0. The Morgan fingerprint density at radius 3 is 3.08 bits per heavy atom. The van der Waals surface area contributed by atoms with E-state index in [4.69, 9.17) is 4.74 Å². The summed E-state index contributed by atoms with van der Waals surface area (Å²) in [6.45, 7) is 0.858. The van der Waals surface area contributed by atoms with E-state index in [1.165, 1.54) is 12.8 Å². The summed E-state index contributed by atoms with van der Waals surface area (Å²) in [5, 5.41) is 4.18. The van der Waals surface area contributed by atoms with Crippen molar-refractivity contribution in [1.29, 1.82) is 0 Å². The summed E-state index contributed by atoms with van der Waals surface area (Å²) in [6.07, 6.45) is 5.40. The molecule has 0 radical (unpaired) electrons. The highest BCUT2D eigenvalue weighted by Crippen LogP contribution is 2.24. The maximum atomic E-state index is 5.57. The zero-order valence-corrected chi connectivity index (χ0v) is 8.33. The van der Waals surface area contributed by atoms with E-state index in [2.05, 4.69) is 21.0 Å². The van der Waals surface area contributed by atoms with Crippen molar-refractivity contribution in [1.82, 2.24) is 9.78 Å². The van der Waals surface area contributed by atoms with Gasteiger partial charge in [-0.3, -0.25) is 0 Å². The standard InChI is InChI=1S/C8H11BrN2O/c9-7-4-5-10-11(7)8-3-1-2-6-12-8/h4-5,8H,1-3,6H2/t8-/m1/s1. The molecule has 0 unspecified atom stereocenters. The number of hydrogen-bond acceptors (Lipinski definition) is 2. The highest BCUT2D eigenvalue weighted by Gasteiger charge is 2.17. The molecule has 1 atom stereocenters. The molecule has 0 spiro atoms. The van der Waals surface area contributed by atoms with Crippen LogP contribution < -0.4 is 0 Å². The average molecular weight is 231 g/mol. The van der Waals surface area contributed by atoms with Gasteiger partial charge in [0.05, 0.1) is 6.20 Å². The van der Waals surface area contributed by atoms with Gasteiger partial charge in [0.15, 0.2) is 6.23 Å². The Bertz CT molecular complexity index is 255. The lowest BCUT2D eigenvalue weighted by molar-refractivity contribution is -0.0408. The summed E-state index contributed by atoms with van der Waals surface area (Å²) >= 11 is 3.42. The van der Waals surface area contributed by atoms with Gasteiger partial charge in [-0.05, 0) is 41.3 Å². The Kier molecular flexibility index (Phi) is 2.46. The lowest BCUT2D eigenvalue weighted by atomic mass is 10.2. The van der Waals surface area contributed by atoms with E-state index in [0.717, 1.165) is 17.6 Å². The van der Waals surface area contributed by atoms with Crippen LogP contribution in [0.2, 0.25) is 0 Å². The van der Waals surface area contributed by atoms with Gasteiger partial charge in [0.25, 0.3) is 0 Å². The van der Waals surface area contributed by atoms with Gasteiger partial charge in [0.1, 0.15) is 4.60 Å². The molecule has 1 aliphatic rings. The molecule has 0 saturated carbocycles. The lowest BCUT2D eigenvalue weighted by Crippen LogP contribution is -2.19. The first-order chi connectivity index (χ1) is 5.88. The zero-order chi connectivity index (χ0) is 8.39. The maximum absolute atomic E-state index is 5.57. The molecule has 1 saturated heterocycles. The monoisotopic (exact) mass is 230 g/mol. The van der Waals surface area contributed by atoms with E-state index in [-0.39, 0.29) is 6.23 Å². The highest BCUT2D eigenvalue weighted by atomic mass is 79.9. The predicted octanol–water partition coefficient (Wildman–Crippen LogP) is 2.34. The van der Waals surface area contributed by atoms with Gasteiger partial charge in [0, 0.05) is 6.61 Å². The fourth-order valence-corrected chi connectivity index (χ4v) is 1.86. The van der Waals surface area contributed by atoms with E-state index >= 15 is 0 Å². The van der Waals surface area contributed by atoms with Crippen molar-refractivity contribution in [2.45, 2.75) is 25.5 Å².